The van der Waals surface area contributed by atoms with Crippen LogP contribution < -0.4 is 15.4 Å². The molecule has 0 fully saturated rings. The summed E-state index contributed by atoms with van der Waals surface area (Å²) in [5.41, 5.74) is 0.606. The lowest BCUT2D eigenvalue weighted by atomic mass is 10.1. The number of carbonyl (C=O) groups excluding carboxylic acids is 2. The van der Waals surface area contributed by atoms with Gasteiger partial charge in [0.2, 0.25) is 5.91 Å². The lowest BCUT2D eigenvalue weighted by Crippen LogP contribution is -2.14. The first-order valence-corrected chi connectivity index (χ1v) is 8.96. The lowest BCUT2D eigenvalue weighted by Gasteiger charge is -2.13. The molecule has 0 aromatic heterocycles. The van der Waals surface area contributed by atoms with Gasteiger partial charge in [0.1, 0.15) is 5.75 Å². The Morgan fingerprint density at radius 2 is 1.93 bits per heavy atom. The Morgan fingerprint density at radius 3 is 2.57 bits per heavy atom. The fraction of sp³-hybridized carbons (Fsp3) is 0.263. The number of hydrogen-bond acceptors (Lipinski definition) is 5. The fourth-order valence-electron chi connectivity index (χ4n) is 2.42. The number of carbonyl (C=O) groups is 2. The summed E-state index contributed by atoms with van der Waals surface area (Å²) >= 11 is 5.99. The summed E-state index contributed by atoms with van der Waals surface area (Å²) in [6.45, 7) is 2.00. The number of nitrogens with one attached hydrogen (secondary N) is 2. The van der Waals surface area contributed by atoms with Crippen molar-refractivity contribution in [3.05, 3.63) is 57.1 Å². The Morgan fingerprint density at radius 1 is 1.18 bits per heavy atom. The number of non-ortho nitro benzene ring substituents is 1. The van der Waals surface area contributed by atoms with E-state index in [9.17, 15) is 19.7 Å². The van der Waals surface area contributed by atoms with Crippen LogP contribution in [0.3, 0.4) is 0 Å². The molecule has 0 radical (unpaired) electrons. The van der Waals surface area contributed by atoms with Crippen molar-refractivity contribution in [2.24, 2.45) is 0 Å². The van der Waals surface area contributed by atoms with Crippen LogP contribution in [0.25, 0.3) is 0 Å². The van der Waals surface area contributed by atoms with Crippen LogP contribution in [0, 0.1) is 10.1 Å². The highest BCUT2D eigenvalue weighted by Gasteiger charge is 2.17. The second-order valence-electron chi connectivity index (χ2n) is 5.94. The Labute approximate surface area is 167 Å². The molecular formula is C19H20ClN3O5. The molecule has 0 unspecified atom stereocenters. The van der Waals surface area contributed by atoms with Gasteiger partial charge in [-0.05, 0) is 24.6 Å². The number of benzene rings is 2. The first-order valence-electron chi connectivity index (χ1n) is 8.59. The zero-order chi connectivity index (χ0) is 20.7. The van der Waals surface area contributed by atoms with Crippen molar-refractivity contribution in [2.45, 2.75) is 26.2 Å². The van der Waals surface area contributed by atoms with Crippen LogP contribution in [0.15, 0.2) is 36.4 Å². The second kappa shape index (κ2) is 9.70. The molecule has 148 valence electrons. The largest absolute Gasteiger partial charge is 0.494 e. The summed E-state index contributed by atoms with van der Waals surface area (Å²) in [5, 5.41) is 16.4. The van der Waals surface area contributed by atoms with E-state index < -0.39 is 10.8 Å². The average molecular weight is 406 g/mol. The van der Waals surface area contributed by atoms with Gasteiger partial charge < -0.3 is 15.4 Å². The van der Waals surface area contributed by atoms with Crippen molar-refractivity contribution in [2.75, 3.05) is 17.7 Å². The van der Waals surface area contributed by atoms with E-state index in [1.54, 1.807) is 18.2 Å². The Hall–Kier alpha value is -3.13. The number of nitro groups is 1. The molecule has 2 rings (SSSR count). The van der Waals surface area contributed by atoms with Crippen molar-refractivity contribution >= 4 is 40.5 Å². The highest BCUT2D eigenvalue weighted by molar-refractivity contribution is 6.34. The van der Waals surface area contributed by atoms with Gasteiger partial charge in [-0.15, -0.1) is 0 Å². The number of methoxy groups -OCH3 is 1. The number of anilines is 2. The molecule has 2 aromatic carbocycles. The highest BCUT2D eigenvalue weighted by atomic mass is 35.5. The smallest absolute Gasteiger partial charge is 0.270 e. The Kier molecular flexibility index (Phi) is 7.34. The third-order valence-corrected chi connectivity index (χ3v) is 4.23. The number of ether oxygens (including phenoxy) is 1. The molecule has 0 saturated carbocycles. The average Bonchev–Trinajstić information content (AvgIpc) is 2.67. The van der Waals surface area contributed by atoms with Gasteiger partial charge in [0.15, 0.2) is 0 Å². The highest BCUT2D eigenvalue weighted by Crippen LogP contribution is 2.29. The topological polar surface area (TPSA) is 111 Å². The molecule has 9 heteroatoms. The summed E-state index contributed by atoms with van der Waals surface area (Å²) in [6, 6.07) is 8.35. The number of rotatable bonds is 8. The summed E-state index contributed by atoms with van der Waals surface area (Å²) in [7, 11) is 1.44. The van der Waals surface area contributed by atoms with Gasteiger partial charge >= 0.3 is 0 Å². The monoisotopic (exact) mass is 405 g/mol. The van der Waals surface area contributed by atoms with Gasteiger partial charge in [0.05, 0.1) is 28.3 Å². The Bertz CT molecular complexity index is 901. The SMILES string of the molecule is CCCCC(=O)Nc1ccc(NC(=O)c2cc([N+](=O)[O-])ccc2Cl)cc1OC. The van der Waals surface area contributed by atoms with Crippen LogP contribution in [-0.2, 0) is 4.79 Å². The number of nitro benzene ring substituents is 1. The molecule has 0 aliphatic rings. The van der Waals surface area contributed by atoms with Gasteiger partial charge in [-0.3, -0.25) is 19.7 Å². The second-order valence-corrected chi connectivity index (χ2v) is 6.35. The van der Waals surface area contributed by atoms with Crippen LogP contribution in [0.4, 0.5) is 17.1 Å². The van der Waals surface area contributed by atoms with Gasteiger partial charge in [-0.2, -0.15) is 0 Å². The quantitative estimate of drug-likeness (QED) is 0.491. The number of unbranched alkanes of at least 4 members (excludes halogenated alkanes) is 1. The van der Waals surface area contributed by atoms with Crippen LogP contribution >= 0.6 is 11.6 Å². The lowest BCUT2D eigenvalue weighted by molar-refractivity contribution is -0.384. The zero-order valence-electron chi connectivity index (χ0n) is 15.5. The van der Waals surface area contributed by atoms with E-state index in [-0.39, 0.29) is 22.2 Å². The first-order chi connectivity index (χ1) is 13.3. The standard InChI is InChI=1S/C19H20ClN3O5/c1-3-4-5-18(24)22-16-9-6-12(10-17(16)28-2)21-19(25)14-11-13(23(26)27)7-8-15(14)20/h6-11H,3-5H2,1-2H3,(H,21,25)(H,22,24). The molecular weight excluding hydrogens is 386 g/mol. The minimum atomic E-state index is -0.605. The molecule has 2 amide bonds. The maximum atomic E-state index is 12.5. The van der Waals surface area contributed by atoms with E-state index in [1.807, 2.05) is 6.92 Å². The normalized spacial score (nSPS) is 10.2. The molecule has 0 spiro atoms. The summed E-state index contributed by atoms with van der Waals surface area (Å²) in [4.78, 5) is 34.7. The van der Waals surface area contributed by atoms with Crippen LogP contribution in [0.5, 0.6) is 5.75 Å². The molecule has 0 bridgehead atoms. The molecule has 2 aromatic rings. The minimum Gasteiger partial charge on any atom is -0.494 e. The van der Waals surface area contributed by atoms with Gasteiger partial charge in [0.25, 0.3) is 11.6 Å². The minimum absolute atomic E-state index is 0.0215. The van der Waals surface area contributed by atoms with Crippen LogP contribution in [-0.4, -0.2) is 23.8 Å². The van der Waals surface area contributed by atoms with Crippen molar-refractivity contribution in [1.82, 2.24) is 0 Å². The van der Waals surface area contributed by atoms with Crippen LogP contribution in [0.2, 0.25) is 5.02 Å². The third kappa shape index (κ3) is 5.43. The summed E-state index contributed by atoms with van der Waals surface area (Å²) < 4.78 is 5.27. The maximum absolute atomic E-state index is 12.5. The number of nitrogens with zero attached hydrogens (tertiary/aromatic N) is 1. The molecule has 2 N–H and O–H groups in total. The number of halogens is 1. The molecule has 28 heavy (non-hydrogen) atoms. The molecule has 0 aliphatic heterocycles. The zero-order valence-corrected chi connectivity index (χ0v) is 16.2. The molecule has 8 nitrogen and oxygen atoms in total. The predicted molar refractivity (Wildman–Crippen MR) is 107 cm³/mol. The van der Waals surface area contributed by atoms with Crippen molar-refractivity contribution < 1.29 is 19.2 Å². The van der Waals surface area contributed by atoms with E-state index in [1.165, 1.54) is 19.2 Å². The summed E-state index contributed by atoms with van der Waals surface area (Å²) in [5.74, 6) is -0.358. The van der Waals surface area contributed by atoms with Crippen LogP contribution in [0.1, 0.15) is 36.5 Å². The van der Waals surface area contributed by atoms with Gasteiger partial charge in [0, 0.05) is 30.3 Å². The first kappa shape index (κ1) is 21.2. The van der Waals surface area contributed by atoms with Crippen molar-refractivity contribution in [3.8, 4) is 5.75 Å². The molecule has 0 aliphatic carbocycles. The van der Waals surface area contributed by atoms with E-state index in [0.717, 1.165) is 18.9 Å². The molecule has 0 heterocycles. The van der Waals surface area contributed by atoms with E-state index in [2.05, 4.69) is 10.6 Å². The van der Waals surface area contributed by atoms with Gasteiger partial charge in [-0.25, -0.2) is 0 Å². The van der Waals surface area contributed by atoms with Crippen molar-refractivity contribution in [3.63, 3.8) is 0 Å². The molecule has 0 atom stereocenters. The maximum Gasteiger partial charge on any atom is 0.270 e. The predicted octanol–water partition coefficient (Wildman–Crippen LogP) is 4.64. The van der Waals surface area contributed by atoms with E-state index >= 15 is 0 Å². The van der Waals surface area contributed by atoms with E-state index in [4.69, 9.17) is 16.3 Å². The van der Waals surface area contributed by atoms with E-state index in [0.29, 0.717) is 23.5 Å². The Balaban J connectivity index is 2.18. The number of amides is 2. The fourth-order valence-corrected chi connectivity index (χ4v) is 2.62. The van der Waals surface area contributed by atoms with Gasteiger partial charge in [-0.1, -0.05) is 24.9 Å². The third-order valence-electron chi connectivity index (χ3n) is 3.90. The molecule has 0 saturated heterocycles. The number of hydrogen-bond donors (Lipinski definition) is 2. The summed E-state index contributed by atoms with van der Waals surface area (Å²) in [6.07, 6.45) is 2.10. The van der Waals surface area contributed by atoms with Crippen molar-refractivity contribution in [1.29, 1.82) is 0 Å².